The summed E-state index contributed by atoms with van der Waals surface area (Å²) in [6, 6.07) is 8.62. The van der Waals surface area contributed by atoms with Crippen LogP contribution in [0.2, 0.25) is 0 Å². The third-order valence-electron chi connectivity index (χ3n) is 5.22. The maximum atomic E-state index is 12.4. The minimum atomic E-state index is 0. The number of hydrogen-bond acceptors (Lipinski definition) is 3. The van der Waals surface area contributed by atoms with Crippen molar-refractivity contribution < 1.29 is 9.53 Å². The van der Waals surface area contributed by atoms with Crippen molar-refractivity contribution in [3.05, 3.63) is 35.4 Å². The van der Waals surface area contributed by atoms with Crippen LogP contribution in [0.3, 0.4) is 0 Å². The Labute approximate surface area is 158 Å². The maximum Gasteiger partial charge on any atom is 0.220 e. The lowest BCUT2D eigenvalue weighted by Gasteiger charge is -2.37. The Balaban J connectivity index is 0.00000312. The van der Waals surface area contributed by atoms with E-state index in [2.05, 4.69) is 48.7 Å². The molecular formula is C20H33ClN2O2. The van der Waals surface area contributed by atoms with Crippen LogP contribution < -0.4 is 10.6 Å². The van der Waals surface area contributed by atoms with Gasteiger partial charge in [0.25, 0.3) is 0 Å². The molecule has 1 saturated heterocycles. The maximum absolute atomic E-state index is 12.4. The molecule has 1 atom stereocenters. The first-order valence-corrected chi connectivity index (χ1v) is 9.14. The second kappa shape index (κ2) is 10.8. The zero-order valence-corrected chi connectivity index (χ0v) is 16.6. The highest BCUT2D eigenvalue weighted by Crippen LogP contribution is 2.28. The van der Waals surface area contributed by atoms with Gasteiger partial charge in [-0.25, -0.2) is 0 Å². The number of rotatable bonds is 8. The summed E-state index contributed by atoms with van der Waals surface area (Å²) in [5, 5.41) is 6.53. The van der Waals surface area contributed by atoms with Crippen LogP contribution in [0.1, 0.15) is 50.2 Å². The predicted octanol–water partition coefficient (Wildman–Crippen LogP) is 3.30. The van der Waals surface area contributed by atoms with Gasteiger partial charge in [-0.2, -0.15) is 0 Å². The van der Waals surface area contributed by atoms with Crippen molar-refractivity contribution in [3.8, 4) is 0 Å². The number of aryl methyl sites for hydroxylation is 1. The van der Waals surface area contributed by atoms with Crippen molar-refractivity contribution >= 4 is 18.3 Å². The molecular weight excluding hydrogens is 336 g/mol. The van der Waals surface area contributed by atoms with Gasteiger partial charge in [0.15, 0.2) is 0 Å². The predicted molar refractivity (Wildman–Crippen MR) is 106 cm³/mol. The fourth-order valence-corrected chi connectivity index (χ4v) is 3.47. The van der Waals surface area contributed by atoms with Gasteiger partial charge in [-0.05, 0) is 49.4 Å². The molecule has 0 saturated carbocycles. The molecule has 1 aliphatic heterocycles. The zero-order chi connectivity index (χ0) is 17.4. The first-order chi connectivity index (χ1) is 11.6. The molecule has 1 aliphatic rings. The molecule has 25 heavy (non-hydrogen) atoms. The number of nitrogens with one attached hydrogen (secondary N) is 2. The average Bonchev–Trinajstić information content (AvgIpc) is 2.61. The number of carbonyl (C=O) groups excluding carboxylic acids is 1. The Kier molecular flexibility index (Phi) is 9.47. The Morgan fingerprint density at radius 2 is 1.92 bits per heavy atom. The van der Waals surface area contributed by atoms with Crippen LogP contribution >= 0.6 is 12.4 Å². The van der Waals surface area contributed by atoms with Gasteiger partial charge in [0, 0.05) is 25.5 Å². The van der Waals surface area contributed by atoms with Crippen LogP contribution in [0.4, 0.5) is 0 Å². The summed E-state index contributed by atoms with van der Waals surface area (Å²) in [4.78, 5) is 12.4. The molecule has 1 fully saturated rings. The fourth-order valence-electron chi connectivity index (χ4n) is 3.47. The summed E-state index contributed by atoms with van der Waals surface area (Å²) in [7, 11) is 1.74. The molecule has 0 aliphatic carbocycles. The molecule has 0 aromatic heterocycles. The molecule has 1 aromatic rings. The van der Waals surface area contributed by atoms with Crippen molar-refractivity contribution in [1.82, 2.24) is 10.6 Å². The van der Waals surface area contributed by atoms with Crippen LogP contribution in [0.25, 0.3) is 0 Å². The number of amides is 1. The number of carbonyl (C=O) groups is 1. The van der Waals surface area contributed by atoms with E-state index in [1.165, 1.54) is 11.1 Å². The number of hydrogen-bond donors (Lipinski definition) is 2. The minimum Gasteiger partial charge on any atom is -0.384 e. The highest BCUT2D eigenvalue weighted by Gasteiger charge is 2.32. The molecule has 1 unspecified atom stereocenters. The molecule has 142 valence electrons. The molecule has 5 heteroatoms. The van der Waals surface area contributed by atoms with Gasteiger partial charge in [0.05, 0.1) is 6.61 Å². The van der Waals surface area contributed by atoms with E-state index in [0.717, 1.165) is 32.4 Å². The van der Waals surface area contributed by atoms with Crippen LogP contribution in [0.15, 0.2) is 24.3 Å². The molecule has 1 aromatic carbocycles. The van der Waals surface area contributed by atoms with E-state index in [1.54, 1.807) is 7.11 Å². The number of ether oxygens (including phenoxy) is 1. The van der Waals surface area contributed by atoms with E-state index in [1.807, 2.05) is 0 Å². The van der Waals surface area contributed by atoms with Gasteiger partial charge in [0.1, 0.15) is 0 Å². The lowest BCUT2D eigenvalue weighted by Crippen LogP contribution is -2.47. The van der Waals surface area contributed by atoms with E-state index in [9.17, 15) is 4.79 Å². The van der Waals surface area contributed by atoms with Gasteiger partial charge in [-0.15, -0.1) is 12.4 Å². The summed E-state index contributed by atoms with van der Waals surface area (Å²) in [6.45, 7) is 7.70. The number of piperidine rings is 1. The summed E-state index contributed by atoms with van der Waals surface area (Å²) in [5.41, 5.74) is 2.65. The number of methoxy groups -OCH3 is 1. The average molecular weight is 369 g/mol. The third-order valence-corrected chi connectivity index (χ3v) is 5.22. The van der Waals surface area contributed by atoms with Gasteiger partial charge in [0.2, 0.25) is 5.91 Å². The molecule has 1 heterocycles. The smallest absolute Gasteiger partial charge is 0.220 e. The lowest BCUT2D eigenvalue weighted by atomic mass is 9.79. The van der Waals surface area contributed by atoms with Crippen LogP contribution in [-0.4, -0.2) is 39.3 Å². The first kappa shape index (κ1) is 21.9. The van der Waals surface area contributed by atoms with E-state index in [0.29, 0.717) is 19.6 Å². The standard InChI is InChI=1S/C20H32N2O2.ClH/c1-4-17-5-7-18(8-6-17)16(2)13-19(23)22-14-20(15-24-3)9-11-21-12-10-20;/h5-8,16,21H,4,9-15H2,1-3H3,(H,22,23);1H. The normalized spacial score (nSPS) is 17.4. The summed E-state index contributed by atoms with van der Waals surface area (Å²) in [5.74, 6) is 0.374. The van der Waals surface area contributed by atoms with Crippen LogP contribution in [0, 0.1) is 5.41 Å². The Morgan fingerprint density at radius 1 is 1.28 bits per heavy atom. The molecule has 4 nitrogen and oxygen atoms in total. The molecule has 2 rings (SSSR count). The summed E-state index contributed by atoms with van der Waals surface area (Å²) < 4.78 is 5.41. The Bertz CT molecular complexity index is 507. The zero-order valence-electron chi connectivity index (χ0n) is 15.8. The van der Waals surface area contributed by atoms with Gasteiger partial charge >= 0.3 is 0 Å². The summed E-state index contributed by atoms with van der Waals surface area (Å²) in [6.07, 6.45) is 3.68. The van der Waals surface area contributed by atoms with E-state index < -0.39 is 0 Å². The monoisotopic (exact) mass is 368 g/mol. The van der Waals surface area contributed by atoms with Crippen LogP contribution in [-0.2, 0) is 16.0 Å². The molecule has 0 bridgehead atoms. The largest absolute Gasteiger partial charge is 0.384 e. The SMILES string of the molecule is CCc1ccc(C(C)CC(=O)NCC2(COC)CCNCC2)cc1.Cl. The second-order valence-corrected chi connectivity index (χ2v) is 7.16. The Morgan fingerprint density at radius 3 is 2.48 bits per heavy atom. The highest BCUT2D eigenvalue weighted by atomic mass is 35.5. The van der Waals surface area contributed by atoms with Gasteiger partial charge in [-0.3, -0.25) is 4.79 Å². The van der Waals surface area contributed by atoms with Crippen molar-refractivity contribution in [1.29, 1.82) is 0 Å². The molecule has 2 N–H and O–H groups in total. The number of benzene rings is 1. The fraction of sp³-hybridized carbons (Fsp3) is 0.650. The van der Waals surface area contributed by atoms with Gasteiger partial charge in [-0.1, -0.05) is 38.1 Å². The molecule has 0 spiro atoms. The Hall–Kier alpha value is -1.10. The quantitative estimate of drug-likeness (QED) is 0.740. The van der Waals surface area contributed by atoms with Crippen molar-refractivity contribution in [3.63, 3.8) is 0 Å². The molecule has 1 amide bonds. The third kappa shape index (κ3) is 6.61. The number of halogens is 1. The highest BCUT2D eigenvalue weighted by molar-refractivity contribution is 5.85. The second-order valence-electron chi connectivity index (χ2n) is 7.16. The van der Waals surface area contributed by atoms with Crippen molar-refractivity contribution in [2.24, 2.45) is 5.41 Å². The van der Waals surface area contributed by atoms with E-state index in [4.69, 9.17) is 4.74 Å². The topological polar surface area (TPSA) is 50.4 Å². The molecule has 0 radical (unpaired) electrons. The van der Waals surface area contributed by atoms with E-state index >= 15 is 0 Å². The summed E-state index contributed by atoms with van der Waals surface area (Å²) >= 11 is 0. The lowest BCUT2D eigenvalue weighted by molar-refractivity contribution is -0.122. The van der Waals surface area contributed by atoms with Crippen molar-refractivity contribution in [2.45, 2.75) is 45.4 Å². The van der Waals surface area contributed by atoms with Crippen molar-refractivity contribution in [2.75, 3.05) is 33.4 Å². The first-order valence-electron chi connectivity index (χ1n) is 9.14. The van der Waals surface area contributed by atoms with Gasteiger partial charge < -0.3 is 15.4 Å². The minimum absolute atomic E-state index is 0. The van der Waals surface area contributed by atoms with Crippen LogP contribution in [0.5, 0.6) is 0 Å². The van der Waals surface area contributed by atoms with E-state index in [-0.39, 0.29) is 29.6 Å².